The molecule has 0 bridgehead atoms. The third-order valence-electron chi connectivity index (χ3n) is 2.89. The van der Waals surface area contributed by atoms with Crippen molar-refractivity contribution in [3.8, 4) is 5.75 Å². The maximum Gasteiger partial charge on any atom is 0.117 e. The summed E-state index contributed by atoms with van der Waals surface area (Å²) in [4.78, 5) is 0. The van der Waals surface area contributed by atoms with Crippen molar-refractivity contribution >= 4 is 0 Å². The Morgan fingerprint density at radius 1 is 1.06 bits per heavy atom. The molecule has 3 nitrogen and oxygen atoms in total. The number of phenols is 1. The van der Waals surface area contributed by atoms with Gasteiger partial charge < -0.3 is 14.8 Å². The van der Waals surface area contributed by atoms with Crippen molar-refractivity contribution in [3.63, 3.8) is 0 Å². The Hall–Kier alpha value is -1.74. The number of aromatic hydroxyl groups is 1. The van der Waals surface area contributed by atoms with E-state index in [-0.39, 0.29) is 0 Å². The molecule has 0 aliphatic heterocycles. The van der Waals surface area contributed by atoms with Crippen molar-refractivity contribution in [1.82, 2.24) is 5.32 Å². The van der Waals surface area contributed by atoms with Crippen molar-refractivity contribution in [1.29, 1.82) is 0 Å². The normalized spacial score (nSPS) is 10.7. The van der Waals surface area contributed by atoms with Crippen molar-refractivity contribution < 1.29 is 9.52 Å². The Morgan fingerprint density at radius 2 is 1.78 bits per heavy atom. The molecule has 0 aliphatic rings. The Bertz CT molecular complexity index is 473. The monoisotopic (exact) mass is 245 g/mol. The molecule has 0 saturated heterocycles. The van der Waals surface area contributed by atoms with Crippen molar-refractivity contribution in [2.24, 2.45) is 0 Å². The van der Waals surface area contributed by atoms with E-state index < -0.39 is 0 Å². The number of rotatable bonds is 6. The molecule has 0 unspecified atom stereocenters. The summed E-state index contributed by atoms with van der Waals surface area (Å²) in [5.74, 6) is 2.33. The predicted molar refractivity (Wildman–Crippen MR) is 71.6 cm³/mol. The third-order valence-corrected chi connectivity index (χ3v) is 2.89. The third kappa shape index (κ3) is 3.64. The number of hydrogen-bond donors (Lipinski definition) is 2. The zero-order valence-electron chi connectivity index (χ0n) is 10.6. The molecule has 0 radical (unpaired) electrons. The Morgan fingerprint density at radius 3 is 2.44 bits per heavy atom. The summed E-state index contributed by atoms with van der Waals surface area (Å²) in [6.07, 6.45) is 1.88. The number of hydrogen-bond acceptors (Lipinski definition) is 3. The van der Waals surface area contributed by atoms with Crippen LogP contribution < -0.4 is 5.32 Å². The van der Waals surface area contributed by atoms with Crippen LogP contribution in [0.3, 0.4) is 0 Å². The molecule has 2 aromatic rings. The van der Waals surface area contributed by atoms with Gasteiger partial charge in [-0.1, -0.05) is 19.1 Å². The maximum atomic E-state index is 9.17. The van der Waals surface area contributed by atoms with Gasteiger partial charge in [-0.15, -0.1) is 0 Å². The van der Waals surface area contributed by atoms with Gasteiger partial charge in [-0.3, -0.25) is 0 Å². The van der Waals surface area contributed by atoms with Crippen LogP contribution in [0.4, 0.5) is 0 Å². The zero-order valence-corrected chi connectivity index (χ0v) is 10.6. The van der Waals surface area contributed by atoms with Gasteiger partial charge in [0, 0.05) is 6.42 Å². The van der Waals surface area contributed by atoms with Gasteiger partial charge >= 0.3 is 0 Å². The summed E-state index contributed by atoms with van der Waals surface area (Å²) in [7, 11) is 0. The van der Waals surface area contributed by atoms with Crippen molar-refractivity contribution in [2.45, 2.75) is 26.3 Å². The van der Waals surface area contributed by atoms with Crippen LogP contribution in [0.2, 0.25) is 0 Å². The minimum Gasteiger partial charge on any atom is -0.508 e. The highest BCUT2D eigenvalue weighted by Gasteiger charge is 1.99. The lowest BCUT2D eigenvalue weighted by molar-refractivity contribution is 0.451. The minimum absolute atomic E-state index is 0.314. The molecule has 1 aromatic heterocycles. The molecule has 2 N–H and O–H groups in total. The van der Waals surface area contributed by atoms with Gasteiger partial charge in [0.25, 0.3) is 0 Å². The second kappa shape index (κ2) is 6.26. The van der Waals surface area contributed by atoms with Gasteiger partial charge in [0.2, 0.25) is 0 Å². The first-order valence-corrected chi connectivity index (χ1v) is 6.34. The molecule has 0 atom stereocenters. The molecule has 96 valence electrons. The zero-order chi connectivity index (χ0) is 12.8. The van der Waals surface area contributed by atoms with E-state index in [4.69, 9.17) is 4.42 Å². The van der Waals surface area contributed by atoms with E-state index in [9.17, 15) is 5.11 Å². The molecule has 0 aliphatic carbocycles. The molecule has 0 spiro atoms. The van der Waals surface area contributed by atoms with Gasteiger partial charge in [-0.25, -0.2) is 0 Å². The van der Waals surface area contributed by atoms with Crippen LogP contribution in [-0.4, -0.2) is 11.7 Å². The highest BCUT2D eigenvalue weighted by molar-refractivity contribution is 5.25. The van der Waals surface area contributed by atoms with Crippen molar-refractivity contribution in [3.05, 3.63) is 53.5 Å². The van der Waals surface area contributed by atoms with Crippen LogP contribution in [-0.2, 0) is 19.4 Å². The first-order chi connectivity index (χ1) is 8.78. The standard InChI is InChI=1S/C15H19NO2/c1-2-14-7-8-15(18-14)11-16-10-9-12-3-5-13(17)6-4-12/h3-8,16-17H,2,9-11H2,1H3. The number of phenolic OH excluding ortho intramolecular Hbond substituents is 1. The van der Waals surface area contributed by atoms with Crippen LogP contribution >= 0.6 is 0 Å². The Labute approximate surface area is 107 Å². The fourth-order valence-electron chi connectivity index (χ4n) is 1.81. The number of furan rings is 1. The average Bonchev–Trinajstić information content (AvgIpc) is 2.85. The van der Waals surface area contributed by atoms with E-state index in [1.54, 1.807) is 12.1 Å². The summed E-state index contributed by atoms with van der Waals surface area (Å²) in [6.45, 7) is 3.74. The fourth-order valence-corrected chi connectivity index (χ4v) is 1.81. The summed E-state index contributed by atoms with van der Waals surface area (Å²) >= 11 is 0. The van der Waals surface area contributed by atoms with Gasteiger partial charge in [0.05, 0.1) is 6.54 Å². The van der Waals surface area contributed by atoms with Crippen LogP contribution in [0.25, 0.3) is 0 Å². The fraction of sp³-hybridized carbons (Fsp3) is 0.333. The highest BCUT2D eigenvalue weighted by Crippen LogP contribution is 2.10. The van der Waals surface area contributed by atoms with E-state index in [1.165, 1.54) is 5.56 Å². The number of nitrogens with one attached hydrogen (secondary N) is 1. The molecule has 3 heteroatoms. The lowest BCUT2D eigenvalue weighted by Gasteiger charge is -2.03. The second-order valence-electron chi connectivity index (χ2n) is 4.31. The molecule has 1 heterocycles. The van der Waals surface area contributed by atoms with Gasteiger partial charge in [-0.2, -0.15) is 0 Å². The number of aryl methyl sites for hydroxylation is 1. The Kier molecular flexibility index (Phi) is 4.42. The first kappa shape index (κ1) is 12.7. The SMILES string of the molecule is CCc1ccc(CNCCc2ccc(O)cc2)o1. The molecule has 1 aromatic carbocycles. The van der Waals surface area contributed by atoms with Crippen LogP contribution in [0.5, 0.6) is 5.75 Å². The molecular weight excluding hydrogens is 226 g/mol. The topological polar surface area (TPSA) is 45.4 Å². The largest absolute Gasteiger partial charge is 0.508 e. The van der Waals surface area contributed by atoms with E-state index in [1.807, 2.05) is 24.3 Å². The smallest absolute Gasteiger partial charge is 0.117 e. The number of benzene rings is 1. The van der Waals surface area contributed by atoms with Gasteiger partial charge in [0.1, 0.15) is 17.3 Å². The van der Waals surface area contributed by atoms with E-state index >= 15 is 0 Å². The van der Waals surface area contributed by atoms with Crippen LogP contribution in [0, 0.1) is 0 Å². The van der Waals surface area contributed by atoms with Crippen LogP contribution in [0.15, 0.2) is 40.8 Å². The average molecular weight is 245 g/mol. The van der Waals surface area contributed by atoms with E-state index in [0.717, 1.165) is 37.5 Å². The summed E-state index contributed by atoms with van der Waals surface area (Å²) in [6, 6.07) is 11.4. The summed E-state index contributed by atoms with van der Waals surface area (Å²) in [5.41, 5.74) is 1.22. The van der Waals surface area contributed by atoms with Crippen molar-refractivity contribution in [2.75, 3.05) is 6.54 Å². The molecule has 0 fully saturated rings. The highest BCUT2D eigenvalue weighted by atomic mass is 16.3. The van der Waals surface area contributed by atoms with Gasteiger partial charge in [0.15, 0.2) is 0 Å². The Balaban J connectivity index is 1.71. The molecule has 18 heavy (non-hydrogen) atoms. The first-order valence-electron chi connectivity index (χ1n) is 6.34. The lowest BCUT2D eigenvalue weighted by atomic mass is 10.1. The second-order valence-corrected chi connectivity index (χ2v) is 4.31. The molecular formula is C15H19NO2. The summed E-state index contributed by atoms with van der Waals surface area (Å²) < 4.78 is 5.61. The maximum absolute atomic E-state index is 9.17. The van der Waals surface area contributed by atoms with Crippen LogP contribution in [0.1, 0.15) is 24.0 Å². The summed E-state index contributed by atoms with van der Waals surface area (Å²) in [5, 5.41) is 12.5. The quantitative estimate of drug-likeness (QED) is 0.769. The van der Waals surface area contributed by atoms with E-state index in [2.05, 4.69) is 12.2 Å². The minimum atomic E-state index is 0.314. The van der Waals surface area contributed by atoms with E-state index in [0.29, 0.717) is 5.75 Å². The predicted octanol–water partition coefficient (Wildman–Crippen LogP) is 2.88. The molecule has 0 amide bonds. The molecule has 0 saturated carbocycles. The lowest BCUT2D eigenvalue weighted by Crippen LogP contribution is -2.16. The molecule has 2 rings (SSSR count). The van der Waals surface area contributed by atoms with Gasteiger partial charge in [-0.05, 0) is 42.8 Å².